The van der Waals surface area contributed by atoms with Gasteiger partial charge < -0.3 is 4.90 Å². The molecule has 28 heavy (non-hydrogen) atoms. The fraction of sp³-hybridized carbons (Fsp3) is 0.222. The summed E-state index contributed by atoms with van der Waals surface area (Å²) in [5.74, 6) is -1.59. The van der Waals surface area contributed by atoms with Crippen LogP contribution >= 0.6 is 11.3 Å². The van der Waals surface area contributed by atoms with Gasteiger partial charge in [-0.1, -0.05) is 6.92 Å². The van der Waals surface area contributed by atoms with Crippen LogP contribution in [0.2, 0.25) is 0 Å². The van der Waals surface area contributed by atoms with Crippen molar-refractivity contribution in [2.24, 2.45) is 0 Å². The van der Waals surface area contributed by atoms with E-state index < -0.39 is 21.7 Å². The summed E-state index contributed by atoms with van der Waals surface area (Å²) in [6, 6.07) is 5.77. The fourth-order valence-electron chi connectivity index (χ4n) is 2.43. The van der Waals surface area contributed by atoms with Crippen molar-refractivity contribution in [3.8, 4) is 0 Å². The molecule has 2 heterocycles. The maximum atomic E-state index is 13.3. The van der Waals surface area contributed by atoms with E-state index in [9.17, 15) is 17.2 Å². The first-order valence-corrected chi connectivity index (χ1v) is 10.7. The first-order valence-electron chi connectivity index (χ1n) is 8.37. The van der Waals surface area contributed by atoms with Gasteiger partial charge in [-0.15, -0.1) is 11.3 Å². The summed E-state index contributed by atoms with van der Waals surface area (Å²) in [7, 11) is -2.12. The average molecular weight is 424 g/mol. The van der Waals surface area contributed by atoms with Crippen molar-refractivity contribution in [2.45, 2.75) is 24.8 Å². The molecule has 0 aliphatic heterocycles. The number of halogens is 2. The van der Waals surface area contributed by atoms with Crippen molar-refractivity contribution in [3.05, 3.63) is 64.2 Å². The first-order chi connectivity index (χ1) is 13.3. The highest BCUT2D eigenvalue weighted by molar-refractivity contribution is 7.92. The normalized spacial score (nSPS) is 11.4. The lowest BCUT2D eigenvalue weighted by atomic mass is 10.3. The standard InChI is InChI=1S/C18H18F2N4O2S2/c1-3-18-22-9-13(27-18)11-24(2)17-7-5-14(10-21-17)28(25,26)23-12-4-6-15(19)16(20)8-12/h4-10,23H,3,11H2,1-2H3. The maximum Gasteiger partial charge on any atom is 0.263 e. The molecule has 3 aromatic rings. The van der Waals surface area contributed by atoms with Crippen LogP contribution in [-0.4, -0.2) is 25.4 Å². The Bertz CT molecular complexity index is 1070. The smallest absolute Gasteiger partial charge is 0.263 e. The van der Waals surface area contributed by atoms with Crippen LogP contribution in [-0.2, 0) is 23.0 Å². The van der Waals surface area contributed by atoms with Gasteiger partial charge in [0.15, 0.2) is 11.6 Å². The average Bonchev–Trinajstić information content (AvgIpc) is 3.12. The summed E-state index contributed by atoms with van der Waals surface area (Å²) in [6.07, 6.45) is 3.92. The predicted octanol–water partition coefficient (Wildman–Crippen LogP) is 3.82. The largest absolute Gasteiger partial charge is 0.354 e. The number of sulfonamides is 1. The molecule has 148 valence electrons. The summed E-state index contributed by atoms with van der Waals surface area (Å²) in [5.41, 5.74) is -0.0722. The number of rotatable bonds is 7. The molecule has 0 bridgehead atoms. The van der Waals surface area contributed by atoms with E-state index in [1.807, 2.05) is 25.1 Å². The molecule has 0 saturated heterocycles. The van der Waals surface area contributed by atoms with Crippen LogP contribution in [0.5, 0.6) is 0 Å². The second kappa shape index (κ2) is 8.19. The molecule has 6 nitrogen and oxygen atoms in total. The molecule has 1 aromatic carbocycles. The molecule has 0 aliphatic carbocycles. The van der Waals surface area contributed by atoms with E-state index in [2.05, 4.69) is 14.7 Å². The molecule has 0 fully saturated rings. The molecule has 0 saturated carbocycles. The van der Waals surface area contributed by atoms with Gasteiger partial charge in [0.1, 0.15) is 10.7 Å². The van der Waals surface area contributed by atoms with Gasteiger partial charge in [0.25, 0.3) is 10.0 Å². The molecule has 0 atom stereocenters. The van der Waals surface area contributed by atoms with Crippen molar-refractivity contribution in [1.29, 1.82) is 0 Å². The summed E-state index contributed by atoms with van der Waals surface area (Å²) in [5, 5.41) is 1.06. The minimum Gasteiger partial charge on any atom is -0.354 e. The Morgan fingerprint density at radius 1 is 1.11 bits per heavy atom. The van der Waals surface area contributed by atoms with Gasteiger partial charge in [-0.05, 0) is 30.7 Å². The van der Waals surface area contributed by atoms with E-state index in [0.717, 1.165) is 34.5 Å². The van der Waals surface area contributed by atoms with Gasteiger partial charge in [-0.25, -0.2) is 27.2 Å². The lowest BCUT2D eigenvalue weighted by Crippen LogP contribution is -2.18. The number of hydrogen-bond acceptors (Lipinski definition) is 6. The van der Waals surface area contributed by atoms with E-state index in [1.165, 1.54) is 12.3 Å². The van der Waals surface area contributed by atoms with Crippen LogP contribution < -0.4 is 9.62 Å². The van der Waals surface area contributed by atoms with Crippen molar-refractivity contribution >= 4 is 32.9 Å². The SMILES string of the molecule is CCc1ncc(CN(C)c2ccc(S(=O)(=O)Nc3ccc(F)c(F)c3)cn2)s1. The van der Waals surface area contributed by atoms with E-state index >= 15 is 0 Å². The van der Waals surface area contributed by atoms with Crippen LogP contribution in [0.1, 0.15) is 16.8 Å². The number of aryl methyl sites for hydroxylation is 1. The van der Waals surface area contributed by atoms with Gasteiger partial charge in [-0.2, -0.15) is 0 Å². The molecule has 0 unspecified atom stereocenters. The molecule has 10 heteroatoms. The molecule has 0 aliphatic rings. The minimum absolute atomic E-state index is 0.0722. The first kappa shape index (κ1) is 20.2. The monoisotopic (exact) mass is 424 g/mol. The molecule has 0 radical (unpaired) electrons. The molecular formula is C18H18F2N4O2S2. The Hall–Kier alpha value is -2.59. The second-order valence-electron chi connectivity index (χ2n) is 6.02. The minimum atomic E-state index is -3.97. The number of aromatic nitrogens is 2. The topological polar surface area (TPSA) is 75.2 Å². The Labute approximate surface area is 165 Å². The van der Waals surface area contributed by atoms with Crippen molar-refractivity contribution < 1.29 is 17.2 Å². The Balaban J connectivity index is 1.72. The fourth-order valence-corrected chi connectivity index (χ4v) is 4.34. The van der Waals surface area contributed by atoms with Crippen molar-refractivity contribution in [3.63, 3.8) is 0 Å². The Morgan fingerprint density at radius 2 is 1.89 bits per heavy atom. The quantitative estimate of drug-likeness (QED) is 0.624. The highest BCUT2D eigenvalue weighted by Crippen LogP contribution is 2.21. The molecule has 1 N–H and O–H groups in total. The van der Waals surface area contributed by atoms with Crippen LogP contribution in [0.25, 0.3) is 0 Å². The van der Waals surface area contributed by atoms with E-state index in [-0.39, 0.29) is 10.6 Å². The summed E-state index contributed by atoms with van der Waals surface area (Å²) < 4.78 is 53.3. The zero-order chi connectivity index (χ0) is 20.3. The van der Waals surface area contributed by atoms with Gasteiger partial charge in [-0.3, -0.25) is 4.72 Å². The van der Waals surface area contributed by atoms with E-state index in [1.54, 1.807) is 17.4 Å². The lowest BCUT2D eigenvalue weighted by Gasteiger charge is -2.17. The van der Waals surface area contributed by atoms with E-state index in [0.29, 0.717) is 12.4 Å². The van der Waals surface area contributed by atoms with Gasteiger partial charge in [0.05, 0.1) is 17.2 Å². The van der Waals surface area contributed by atoms with Crippen molar-refractivity contribution in [2.75, 3.05) is 16.7 Å². The van der Waals surface area contributed by atoms with Crippen molar-refractivity contribution in [1.82, 2.24) is 9.97 Å². The summed E-state index contributed by atoms with van der Waals surface area (Å²) in [4.78, 5) is 11.4. The van der Waals surface area contributed by atoms with Gasteiger partial charge in [0, 0.05) is 30.4 Å². The summed E-state index contributed by atoms with van der Waals surface area (Å²) in [6.45, 7) is 2.64. The lowest BCUT2D eigenvalue weighted by molar-refractivity contribution is 0.509. The maximum absolute atomic E-state index is 13.3. The van der Waals surface area contributed by atoms with Crippen LogP contribution in [0.4, 0.5) is 20.3 Å². The number of thiazole rings is 1. The van der Waals surface area contributed by atoms with Crippen LogP contribution in [0.3, 0.4) is 0 Å². The number of nitrogens with zero attached hydrogens (tertiary/aromatic N) is 3. The van der Waals surface area contributed by atoms with Crippen LogP contribution in [0, 0.1) is 11.6 Å². The van der Waals surface area contributed by atoms with Crippen LogP contribution in [0.15, 0.2) is 47.6 Å². The molecule has 3 rings (SSSR count). The third-order valence-corrected chi connectivity index (χ3v) is 6.38. The van der Waals surface area contributed by atoms with Gasteiger partial charge in [0.2, 0.25) is 0 Å². The van der Waals surface area contributed by atoms with Gasteiger partial charge >= 0.3 is 0 Å². The number of anilines is 2. The third kappa shape index (κ3) is 4.63. The predicted molar refractivity (Wildman–Crippen MR) is 105 cm³/mol. The molecule has 0 amide bonds. The highest BCUT2D eigenvalue weighted by Gasteiger charge is 2.17. The Kier molecular flexibility index (Phi) is 5.90. The number of hydrogen-bond donors (Lipinski definition) is 1. The highest BCUT2D eigenvalue weighted by atomic mass is 32.2. The van der Waals surface area contributed by atoms with E-state index in [4.69, 9.17) is 0 Å². The number of benzene rings is 1. The molecule has 0 spiro atoms. The third-order valence-electron chi connectivity index (χ3n) is 3.89. The molecule has 2 aromatic heterocycles. The zero-order valence-electron chi connectivity index (χ0n) is 15.2. The second-order valence-corrected chi connectivity index (χ2v) is 8.90. The molecular weight excluding hydrogens is 406 g/mol. The summed E-state index contributed by atoms with van der Waals surface area (Å²) >= 11 is 1.62. The Morgan fingerprint density at radius 3 is 2.50 bits per heavy atom. The number of nitrogens with one attached hydrogen (secondary N) is 1. The number of pyridine rings is 1. The zero-order valence-corrected chi connectivity index (χ0v) is 16.8.